The fourth-order valence-corrected chi connectivity index (χ4v) is 4.38. The highest BCUT2D eigenvalue weighted by Crippen LogP contribution is 2.32. The van der Waals surface area contributed by atoms with Crippen molar-refractivity contribution in [2.24, 2.45) is 0 Å². The highest BCUT2D eigenvalue weighted by atomic mass is 32.2. The van der Waals surface area contributed by atoms with Gasteiger partial charge in [0.1, 0.15) is 4.32 Å². The van der Waals surface area contributed by atoms with Crippen molar-refractivity contribution >= 4 is 51.9 Å². The first-order valence-electron chi connectivity index (χ1n) is 9.52. The Morgan fingerprint density at radius 2 is 1.79 bits per heavy atom. The molecule has 0 spiro atoms. The Hall–Kier alpha value is -2.44. The van der Waals surface area contributed by atoms with Crippen LogP contribution in [0.15, 0.2) is 47.4 Å². The fraction of sp³-hybridized carbons (Fsp3) is 0.261. The maximum absolute atomic E-state index is 12.7. The number of amides is 2. The summed E-state index contributed by atoms with van der Waals surface area (Å²) < 4.78 is 0.545. The molecule has 0 bridgehead atoms. The van der Waals surface area contributed by atoms with Crippen LogP contribution in [0.4, 0.5) is 5.69 Å². The van der Waals surface area contributed by atoms with Crippen LogP contribution in [-0.2, 0) is 9.59 Å². The van der Waals surface area contributed by atoms with Gasteiger partial charge in [-0.25, -0.2) is 0 Å². The zero-order valence-electron chi connectivity index (χ0n) is 16.8. The molecule has 0 atom stereocenters. The monoisotopic (exact) mass is 424 g/mol. The number of benzene rings is 2. The molecule has 0 radical (unpaired) electrons. The summed E-state index contributed by atoms with van der Waals surface area (Å²) in [5, 5.41) is 2.94. The highest BCUT2D eigenvalue weighted by molar-refractivity contribution is 8.26. The Kier molecular flexibility index (Phi) is 6.87. The molecule has 6 heteroatoms. The lowest BCUT2D eigenvalue weighted by atomic mass is 10.1. The number of rotatable bonds is 6. The van der Waals surface area contributed by atoms with E-state index in [1.807, 2.05) is 69.3 Å². The Morgan fingerprint density at radius 1 is 1.10 bits per heavy atom. The predicted molar refractivity (Wildman–Crippen MR) is 125 cm³/mol. The van der Waals surface area contributed by atoms with E-state index in [1.165, 1.54) is 17.3 Å². The van der Waals surface area contributed by atoms with Gasteiger partial charge in [-0.1, -0.05) is 71.5 Å². The summed E-state index contributed by atoms with van der Waals surface area (Å²) in [6.45, 7) is 6.47. The van der Waals surface area contributed by atoms with Crippen molar-refractivity contribution in [3.05, 3.63) is 69.6 Å². The van der Waals surface area contributed by atoms with Crippen molar-refractivity contribution < 1.29 is 9.59 Å². The largest absolute Gasteiger partial charge is 0.326 e. The fourth-order valence-electron chi connectivity index (χ4n) is 3.07. The van der Waals surface area contributed by atoms with Gasteiger partial charge in [0.25, 0.3) is 5.91 Å². The Balaban J connectivity index is 1.54. The Morgan fingerprint density at radius 3 is 2.48 bits per heavy atom. The molecule has 2 amide bonds. The maximum Gasteiger partial charge on any atom is 0.266 e. The van der Waals surface area contributed by atoms with Gasteiger partial charge in [0, 0.05) is 18.7 Å². The third-order valence-corrected chi connectivity index (χ3v) is 6.07. The van der Waals surface area contributed by atoms with Gasteiger partial charge in [0.05, 0.1) is 4.91 Å². The molecule has 2 aromatic rings. The normalized spacial score (nSPS) is 15.3. The zero-order chi connectivity index (χ0) is 21.0. The number of hydrogen-bond acceptors (Lipinski definition) is 4. The van der Waals surface area contributed by atoms with E-state index < -0.39 is 0 Å². The van der Waals surface area contributed by atoms with E-state index in [9.17, 15) is 9.59 Å². The standard InChI is InChI=1S/C23H24N2O2S2/c1-15-6-9-18(10-7-15)14-20-22(27)25(23(28)29-20)12-4-5-21(26)24-19-11-8-16(2)13-17(19)3/h6-11,13-14H,4-5,12H2,1-3H3,(H,24,26). The van der Waals surface area contributed by atoms with E-state index in [4.69, 9.17) is 12.2 Å². The number of anilines is 1. The molecule has 0 aliphatic carbocycles. The molecule has 0 saturated carbocycles. The molecule has 1 N–H and O–H groups in total. The topological polar surface area (TPSA) is 49.4 Å². The van der Waals surface area contributed by atoms with Gasteiger partial charge in [-0.15, -0.1) is 0 Å². The molecular formula is C23H24N2O2S2. The van der Waals surface area contributed by atoms with E-state index in [0.717, 1.165) is 22.4 Å². The summed E-state index contributed by atoms with van der Waals surface area (Å²) in [6.07, 6.45) is 2.76. The first-order chi connectivity index (χ1) is 13.8. The molecule has 0 unspecified atom stereocenters. The van der Waals surface area contributed by atoms with Crippen LogP contribution in [0.25, 0.3) is 6.08 Å². The van der Waals surface area contributed by atoms with E-state index in [-0.39, 0.29) is 11.8 Å². The molecule has 4 nitrogen and oxygen atoms in total. The quantitative estimate of drug-likeness (QED) is 0.509. The van der Waals surface area contributed by atoms with E-state index in [0.29, 0.717) is 28.6 Å². The minimum atomic E-state index is -0.0876. The van der Waals surface area contributed by atoms with Crippen molar-refractivity contribution in [3.63, 3.8) is 0 Å². The second kappa shape index (κ2) is 9.37. The summed E-state index contributed by atoms with van der Waals surface area (Å²) in [7, 11) is 0. The number of nitrogens with zero attached hydrogens (tertiary/aromatic N) is 1. The molecule has 1 aliphatic heterocycles. The van der Waals surface area contributed by atoms with Crippen molar-refractivity contribution in [2.45, 2.75) is 33.6 Å². The lowest BCUT2D eigenvalue weighted by Crippen LogP contribution is -2.29. The van der Waals surface area contributed by atoms with Gasteiger partial charge in [0.15, 0.2) is 0 Å². The smallest absolute Gasteiger partial charge is 0.266 e. The summed E-state index contributed by atoms with van der Waals surface area (Å²) in [5.74, 6) is -0.145. The van der Waals surface area contributed by atoms with Crippen LogP contribution in [0.5, 0.6) is 0 Å². The summed E-state index contributed by atoms with van der Waals surface area (Å²) in [4.78, 5) is 27.1. The molecule has 0 aromatic heterocycles. The number of hydrogen-bond donors (Lipinski definition) is 1. The summed E-state index contributed by atoms with van der Waals surface area (Å²) in [5.41, 5.74) is 5.18. The number of thiocarbonyl (C=S) groups is 1. The van der Waals surface area contributed by atoms with Crippen LogP contribution in [0.2, 0.25) is 0 Å². The Labute approximate surface area is 181 Å². The molecule has 150 valence electrons. The molecule has 3 rings (SSSR count). The van der Waals surface area contributed by atoms with Gasteiger partial charge in [-0.05, 0) is 50.5 Å². The molecule has 1 aliphatic rings. The second-order valence-corrected chi connectivity index (χ2v) is 8.89. The minimum absolute atomic E-state index is 0.0578. The van der Waals surface area contributed by atoms with Crippen molar-refractivity contribution in [1.29, 1.82) is 0 Å². The summed E-state index contributed by atoms with van der Waals surface area (Å²) in [6, 6.07) is 13.9. The van der Waals surface area contributed by atoms with E-state index >= 15 is 0 Å². The van der Waals surface area contributed by atoms with Crippen LogP contribution >= 0.6 is 24.0 Å². The van der Waals surface area contributed by atoms with Gasteiger partial charge < -0.3 is 5.32 Å². The molecular weight excluding hydrogens is 400 g/mol. The van der Waals surface area contributed by atoms with E-state index in [1.54, 1.807) is 4.90 Å². The van der Waals surface area contributed by atoms with Crippen molar-refractivity contribution in [2.75, 3.05) is 11.9 Å². The lowest BCUT2D eigenvalue weighted by Gasteiger charge is -2.14. The minimum Gasteiger partial charge on any atom is -0.326 e. The molecule has 29 heavy (non-hydrogen) atoms. The third-order valence-electron chi connectivity index (χ3n) is 4.69. The average Bonchev–Trinajstić information content (AvgIpc) is 2.93. The van der Waals surface area contributed by atoms with Crippen LogP contribution in [0, 0.1) is 20.8 Å². The average molecular weight is 425 g/mol. The number of aryl methyl sites for hydroxylation is 3. The van der Waals surface area contributed by atoms with Crippen molar-refractivity contribution in [1.82, 2.24) is 4.90 Å². The molecule has 1 fully saturated rings. The van der Waals surface area contributed by atoms with Crippen LogP contribution in [-0.4, -0.2) is 27.6 Å². The SMILES string of the molecule is Cc1ccc(C=C2SC(=S)N(CCCC(=O)Nc3ccc(C)cc3C)C2=O)cc1. The number of thioether (sulfide) groups is 1. The highest BCUT2D eigenvalue weighted by Gasteiger charge is 2.31. The lowest BCUT2D eigenvalue weighted by molar-refractivity contribution is -0.122. The first-order valence-corrected chi connectivity index (χ1v) is 10.7. The molecule has 1 saturated heterocycles. The van der Waals surface area contributed by atoms with E-state index in [2.05, 4.69) is 5.32 Å². The van der Waals surface area contributed by atoms with Gasteiger partial charge in [-0.3, -0.25) is 14.5 Å². The van der Waals surface area contributed by atoms with Gasteiger partial charge in [0.2, 0.25) is 5.91 Å². The maximum atomic E-state index is 12.7. The predicted octanol–water partition coefficient (Wildman–Crippen LogP) is 5.23. The number of carbonyl (C=O) groups is 2. The Bertz CT molecular complexity index is 981. The second-order valence-electron chi connectivity index (χ2n) is 7.21. The molecule has 1 heterocycles. The third kappa shape index (κ3) is 5.55. The number of carbonyl (C=O) groups excluding carboxylic acids is 2. The molecule has 2 aromatic carbocycles. The summed E-state index contributed by atoms with van der Waals surface area (Å²) >= 11 is 6.69. The van der Waals surface area contributed by atoms with Crippen molar-refractivity contribution in [3.8, 4) is 0 Å². The first kappa shape index (κ1) is 21.3. The van der Waals surface area contributed by atoms with Crippen LogP contribution in [0.1, 0.15) is 35.1 Å². The van der Waals surface area contributed by atoms with Crippen LogP contribution < -0.4 is 5.32 Å². The van der Waals surface area contributed by atoms with Crippen LogP contribution in [0.3, 0.4) is 0 Å². The number of nitrogens with one attached hydrogen (secondary N) is 1. The van der Waals surface area contributed by atoms with Gasteiger partial charge >= 0.3 is 0 Å². The van der Waals surface area contributed by atoms with Gasteiger partial charge in [-0.2, -0.15) is 0 Å². The zero-order valence-corrected chi connectivity index (χ0v) is 18.5.